The molecule has 6 rings (SSSR count). The van der Waals surface area contributed by atoms with Gasteiger partial charge in [-0.05, 0) is 57.0 Å². The third-order valence-corrected chi connectivity index (χ3v) is 8.13. The number of nitrogens with one attached hydrogen (secondary N) is 1. The number of rotatable bonds is 1. The zero-order chi connectivity index (χ0) is 22.5. The average Bonchev–Trinajstić information content (AvgIpc) is 3.42. The molecule has 0 radical (unpaired) electrons. The summed E-state index contributed by atoms with van der Waals surface area (Å²) in [6.45, 7) is 4.62. The first-order valence-electron chi connectivity index (χ1n) is 10.8. The van der Waals surface area contributed by atoms with Crippen LogP contribution < -0.4 is 10.2 Å². The summed E-state index contributed by atoms with van der Waals surface area (Å²) in [7, 11) is 0. The van der Waals surface area contributed by atoms with Crippen molar-refractivity contribution in [1.82, 2.24) is 4.90 Å². The van der Waals surface area contributed by atoms with Gasteiger partial charge >= 0.3 is 0 Å². The molecule has 32 heavy (non-hydrogen) atoms. The molecule has 8 heteroatoms. The van der Waals surface area contributed by atoms with E-state index in [1.54, 1.807) is 12.1 Å². The highest BCUT2D eigenvalue weighted by molar-refractivity contribution is 6.38. The second kappa shape index (κ2) is 6.56. The number of nitrogens with zero attached hydrogens (tertiary/aromatic N) is 2. The molecule has 1 spiro atoms. The molecule has 0 saturated carbocycles. The van der Waals surface area contributed by atoms with Gasteiger partial charge in [0.15, 0.2) is 0 Å². The fourth-order valence-corrected chi connectivity index (χ4v) is 7.05. The number of carbonyl (C=O) groups is 3. The van der Waals surface area contributed by atoms with E-state index in [1.165, 1.54) is 11.0 Å². The third-order valence-electron chi connectivity index (χ3n) is 7.59. The predicted molar refractivity (Wildman–Crippen MR) is 122 cm³/mol. The van der Waals surface area contributed by atoms with Crippen molar-refractivity contribution in [3.05, 3.63) is 57.1 Å². The van der Waals surface area contributed by atoms with Gasteiger partial charge in [-0.3, -0.25) is 19.3 Å². The van der Waals surface area contributed by atoms with Crippen LogP contribution in [0.4, 0.5) is 11.4 Å². The highest BCUT2D eigenvalue weighted by Crippen LogP contribution is 2.61. The number of hydrogen-bond acceptors (Lipinski definition) is 4. The summed E-state index contributed by atoms with van der Waals surface area (Å²) in [5.41, 5.74) is 2.68. The molecule has 3 amide bonds. The van der Waals surface area contributed by atoms with Crippen LogP contribution in [-0.2, 0) is 19.9 Å². The number of anilines is 2. The molecule has 0 aliphatic carbocycles. The molecule has 0 aromatic heterocycles. The minimum Gasteiger partial charge on any atom is -0.324 e. The monoisotopic (exact) mass is 469 g/mol. The summed E-state index contributed by atoms with van der Waals surface area (Å²) < 4.78 is 0. The second-order valence-corrected chi connectivity index (χ2v) is 10.1. The van der Waals surface area contributed by atoms with E-state index in [1.807, 2.05) is 26.0 Å². The minimum atomic E-state index is -1.18. The lowest BCUT2D eigenvalue weighted by Gasteiger charge is -2.37. The van der Waals surface area contributed by atoms with Crippen LogP contribution in [0, 0.1) is 25.7 Å². The number of imide groups is 1. The number of hydrogen-bond donors (Lipinski definition) is 1. The van der Waals surface area contributed by atoms with E-state index in [9.17, 15) is 14.4 Å². The van der Waals surface area contributed by atoms with Crippen molar-refractivity contribution in [3.63, 3.8) is 0 Å². The summed E-state index contributed by atoms with van der Waals surface area (Å²) in [4.78, 5) is 44.7. The van der Waals surface area contributed by atoms with Crippen LogP contribution in [0.15, 0.2) is 30.3 Å². The van der Waals surface area contributed by atoms with Crippen molar-refractivity contribution in [3.8, 4) is 0 Å². The first-order chi connectivity index (χ1) is 15.3. The van der Waals surface area contributed by atoms with Crippen LogP contribution in [0.5, 0.6) is 0 Å². The largest absolute Gasteiger partial charge is 0.324 e. The maximum absolute atomic E-state index is 14.0. The van der Waals surface area contributed by atoms with Crippen molar-refractivity contribution >= 4 is 52.3 Å². The van der Waals surface area contributed by atoms with E-state index in [2.05, 4.69) is 10.2 Å². The van der Waals surface area contributed by atoms with Crippen LogP contribution in [-0.4, -0.2) is 35.2 Å². The smallest absolute Gasteiger partial charge is 0.250 e. The number of benzene rings is 2. The first-order valence-corrected chi connectivity index (χ1v) is 11.5. The lowest BCUT2D eigenvalue weighted by Crippen LogP contribution is -2.54. The molecule has 2 aromatic carbocycles. The van der Waals surface area contributed by atoms with E-state index in [0.29, 0.717) is 17.3 Å². The summed E-state index contributed by atoms with van der Waals surface area (Å²) in [5, 5.41) is 3.71. The Hall–Kier alpha value is -2.41. The van der Waals surface area contributed by atoms with Crippen LogP contribution in [0.1, 0.15) is 29.5 Å². The fourth-order valence-electron chi connectivity index (χ4n) is 6.56. The first kappa shape index (κ1) is 20.2. The maximum Gasteiger partial charge on any atom is 0.250 e. The number of fused-ring (bicyclic) bond motifs is 7. The van der Waals surface area contributed by atoms with Crippen molar-refractivity contribution in [2.75, 3.05) is 16.8 Å². The molecule has 4 atom stereocenters. The van der Waals surface area contributed by atoms with Gasteiger partial charge in [0.05, 0.1) is 22.5 Å². The number of carbonyl (C=O) groups excluding carboxylic acids is 3. The third kappa shape index (κ3) is 2.28. The van der Waals surface area contributed by atoms with E-state index >= 15 is 0 Å². The van der Waals surface area contributed by atoms with E-state index in [4.69, 9.17) is 23.2 Å². The molecule has 4 heterocycles. The van der Waals surface area contributed by atoms with Gasteiger partial charge < -0.3 is 5.32 Å². The summed E-state index contributed by atoms with van der Waals surface area (Å²) in [6, 6.07) is 8.58. The van der Waals surface area contributed by atoms with Crippen molar-refractivity contribution in [2.24, 2.45) is 11.8 Å². The Bertz CT molecular complexity index is 1250. The number of amides is 3. The van der Waals surface area contributed by atoms with Crippen LogP contribution in [0.25, 0.3) is 0 Å². The normalized spacial score (nSPS) is 30.8. The number of halogens is 2. The Morgan fingerprint density at radius 3 is 2.59 bits per heavy atom. The minimum absolute atomic E-state index is 0.162. The van der Waals surface area contributed by atoms with E-state index in [0.717, 1.165) is 35.2 Å². The summed E-state index contributed by atoms with van der Waals surface area (Å²) in [6.07, 6.45) is 1.66. The Kier molecular flexibility index (Phi) is 4.15. The van der Waals surface area contributed by atoms with Gasteiger partial charge in [0, 0.05) is 22.3 Å². The number of aryl methyl sites for hydroxylation is 2. The summed E-state index contributed by atoms with van der Waals surface area (Å²) in [5.74, 6) is -2.26. The molecule has 3 saturated heterocycles. The average molecular weight is 470 g/mol. The lowest BCUT2D eigenvalue weighted by molar-refractivity contribution is -0.135. The zero-order valence-electron chi connectivity index (χ0n) is 17.6. The summed E-state index contributed by atoms with van der Waals surface area (Å²) >= 11 is 12.4. The Labute approximate surface area is 195 Å². The van der Waals surface area contributed by atoms with Gasteiger partial charge in [0.25, 0.3) is 0 Å². The zero-order valence-corrected chi connectivity index (χ0v) is 19.1. The molecule has 1 N–H and O–H groups in total. The van der Waals surface area contributed by atoms with Gasteiger partial charge in [-0.2, -0.15) is 0 Å². The van der Waals surface area contributed by atoms with Gasteiger partial charge in [-0.25, -0.2) is 4.90 Å². The lowest BCUT2D eigenvalue weighted by atomic mass is 9.75. The van der Waals surface area contributed by atoms with Gasteiger partial charge in [-0.15, -0.1) is 0 Å². The highest BCUT2D eigenvalue weighted by atomic mass is 35.5. The second-order valence-electron chi connectivity index (χ2n) is 9.24. The van der Waals surface area contributed by atoms with Crippen molar-refractivity contribution in [2.45, 2.75) is 38.3 Å². The van der Waals surface area contributed by atoms with Crippen LogP contribution >= 0.6 is 23.2 Å². The predicted octanol–water partition coefficient (Wildman–Crippen LogP) is 4.04. The molecule has 0 bridgehead atoms. The Balaban J connectivity index is 1.58. The van der Waals surface area contributed by atoms with E-state index in [-0.39, 0.29) is 28.8 Å². The molecule has 4 aliphatic heterocycles. The van der Waals surface area contributed by atoms with Gasteiger partial charge in [0.1, 0.15) is 5.54 Å². The molecule has 2 aromatic rings. The van der Waals surface area contributed by atoms with Crippen LogP contribution in [0.3, 0.4) is 0 Å². The van der Waals surface area contributed by atoms with Gasteiger partial charge in [0.2, 0.25) is 17.7 Å². The quantitative estimate of drug-likeness (QED) is 0.639. The Morgan fingerprint density at radius 1 is 1.06 bits per heavy atom. The highest BCUT2D eigenvalue weighted by Gasteiger charge is 2.74. The molecule has 4 unspecified atom stereocenters. The molecule has 164 valence electrons. The topological polar surface area (TPSA) is 69.7 Å². The Morgan fingerprint density at radius 2 is 1.84 bits per heavy atom. The standard InChI is InChI=1S/C24H21Cl2N3O3/c1-11-8-12(2)20-14(9-11)24(23(32)27-20)19-18(17-4-3-7-28(17)24)21(30)29(22(19)31)16-6-5-13(25)10-15(16)26/h5-6,8-10,17-19H,3-4,7H2,1-2H3,(H,27,32). The SMILES string of the molecule is Cc1cc(C)c2c(c1)C1(C(=O)N2)C2C(=O)N(c3ccc(Cl)cc3Cl)C(=O)C2C2CCCN21. The van der Waals surface area contributed by atoms with E-state index < -0.39 is 17.4 Å². The molecule has 3 fully saturated rings. The van der Waals surface area contributed by atoms with Crippen molar-refractivity contribution in [1.29, 1.82) is 0 Å². The molecule has 4 aliphatic rings. The molecular formula is C24H21Cl2N3O3. The molecular weight excluding hydrogens is 449 g/mol. The maximum atomic E-state index is 14.0. The van der Waals surface area contributed by atoms with Gasteiger partial charge in [-0.1, -0.05) is 40.9 Å². The van der Waals surface area contributed by atoms with Crippen molar-refractivity contribution < 1.29 is 14.4 Å². The fraction of sp³-hybridized carbons (Fsp3) is 0.375. The van der Waals surface area contributed by atoms with Crippen LogP contribution in [0.2, 0.25) is 10.0 Å². The molecule has 6 nitrogen and oxygen atoms in total.